The van der Waals surface area contributed by atoms with E-state index in [1.165, 1.54) is 6.07 Å². The summed E-state index contributed by atoms with van der Waals surface area (Å²) >= 11 is 5.75. The molecule has 1 aliphatic heterocycles. The third kappa shape index (κ3) is 2.42. The molecule has 4 nitrogen and oxygen atoms in total. The minimum absolute atomic E-state index is 0.0348. The van der Waals surface area contributed by atoms with Crippen LogP contribution in [0.15, 0.2) is 6.07 Å². The fourth-order valence-corrected chi connectivity index (χ4v) is 1.95. The van der Waals surface area contributed by atoms with E-state index < -0.39 is 11.6 Å². The number of hydrogen-bond donors (Lipinski definition) is 1. The Morgan fingerprint density at radius 2 is 2.17 bits per heavy atom. The van der Waals surface area contributed by atoms with Crippen molar-refractivity contribution >= 4 is 17.4 Å². The minimum Gasteiger partial charge on any atom is -0.489 e. The lowest BCUT2D eigenvalue weighted by atomic mass is 10.1. The minimum atomic E-state index is -0.778. The van der Waals surface area contributed by atoms with Crippen molar-refractivity contribution in [2.45, 2.75) is 12.8 Å². The quantitative estimate of drug-likeness (QED) is 0.858. The lowest BCUT2D eigenvalue weighted by Gasteiger charge is -2.13. The molecule has 0 atom stereocenters. The zero-order valence-corrected chi connectivity index (χ0v) is 10.4. The van der Waals surface area contributed by atoms with Crippen LogP contribution in [0.5, 0.6) is 11.5 Å². The molecule has 2 rings (SSSR count). The van der Waals surface area contributed by atoms with Crippen LogP contribution in [0.1, 0.15) is 23.2 Å². The van der Waals surface area contributed by atoms with Crippen molar-refractivity contribution in [3.8, 4) is 11.5 Å². The molecule has 0 spiro atoms. The molecule has 0 radical (unpaired) electrons. The van der Waals surface area contributed by atoms with Crippen molar-refractivity contribution in [3.05, 3.63) is 22.5 Å². The number of ketones is 1. The van der Waals surface area contributed by atoms with Gasteiger partial charge >= 0.3 is 0 Å². The Morgan fingerprint density at radius 3 is 2.89 bits per heavy atom. The second-order valence-electron chi connectivity index (χ2n) is 3.89. The second-order valence-corrected chi connectivity index (χ2v) is 4.29. The van der Waals surface area contributed by atoms with Crippen LogP contribution in [0.25, 0.3) is 0 Å². The summed E-state index contributed by atoms with van der Waals surface area (Å²) in [5.74, 6) is -0.772. The number of carbonyl (C=O) groups excluding carboxylic acids is 1. The summed E-state index contributed by atoms with van der Waals surface area (Å²) in [6.07, 6.45) is 0.700. The highest BCUT2D eigenvalue weighted by molar-refractivity contribution is 6.31. The predicted molar refractivity (Wildman–Crippen MR) is 65.0 cm³/mol. The maximum atomic E-state index is 14.0. The van der Waals surface area contributed by atoms with Gasteiger partial charge in [-0.1, -0.05) is 11.6 Å². The SMILES string of the molecule is NCCC(=O)c1c(F)c(Cl)cc2c1OCCCO2. The highest BCUT2D eigenvalue weighted by atomic mass is 35.5. The van der Waals surface area contributed by atoms with Gasteiger partial charge in [0.2, 0.25) is 0 Å². The lowest BCUT2D eigenvalue weighted by molar-refractivity contribution is 0.0977. The van der Waals surface area contributed by atoms with Gasteiger partial charge in [0.25, 0.3) is 0 Å². The Kier molecular flexibility index (Phi) is 4.04. The molecule has 18 heavy (non-hydrogen) atoms. The summed E-state index contributed by atoms with van der Waals surface area (Å²) in [6, 6.07) is 1.33. The van der Waals surface area contributed by atoms with E-state index >= 15 is 0 Å². The van der Waals surface area contributed by atoms with Crippen molar-refractivity contribution in [3.63, 3.8) is 0 Å². The first kappa shape index (κ1) is 13.1. The predicted octanol–water partition coefficient (Wildman–Crippen LogP) is 2.17. The maximum absolute atomic E-state index is 14.0. The van der Waals surface area contributed by atoms with Gasteiger partial charge in [-0.15, -0.1) is 0 Å². The summed E-state index contributed by atoms with van der Waals surface area (Å²) in [6.45, 7) is 0.955. The van der Waals surface area contributed by atoms with E-state index in [1.807, 2.05) is 0 Å². The van der Waals surface area contributed by atoms with Crippen LogP contribution in [0.3, 0.4) is 0 Å². The van der Waals surface area contributed by atoms with Crippen molar-refractivity contribution in [1.82, 2.24) is 0 Å². The highest BCUT2D eigenvalue weighted by Crippen LogP contribution is 2.39. The summed E-state index contributed by atoms with van der Waals surface area (Å²) in [4.78, 5) is 11.9. The molecule has 98 valence electrons. The number of benzene rings is 1. The van der Waals surface area contributed by atoms with Crippen molar-refractivity contribution < 1.29 is 18.7 Å². The monoisotopic (exact) mass is 273 g/mol. The lowest BCUT2D eigenvalue weighted by Crippen LogP contribution is -2.12. The Balaban J connectivity index is 2.54. The standard InChI is InChI=1S/C12H13ClFNO3/c13-7-6-9-12(18-5-1-4-17-9)10(11(7)14)8(16)2-3-15/h6H,1-5,15H2. The molecule has 1 aromatic rings. The highest BCUT2D eigenvalue weighted by Gasteiger charge is 2.26. The average Bonchev–Trinajstić information content (AvgIpc) is 2.56. The number of rotatable bonds is 3. The van der Waals surface area contributed by atoms with Gasteiger partial charge in [0.15, 0.2) is 23.1 Å². The van der Waals surface area contributed by atoms with E-state index in [0.717, 1.165) is 0 Å². The Morgan fingerprint density at radius 1 is 1.44 bits per heavy atom. The fourth-order valence-electron chi connectivity index (χ4n) is 1.76. The molecule has 0 saturated heterocycles. The molecule has 0 bridgehead atoms. The molecule has 1 heterocycles. The van der Waals surface area contributed by atoms with Gasteiger partial charge in [0, 0.05) is 18.9 Å². The van der Waals surface area contributed by atoms with E-state index in [4.69, 9.17) is 26.8 Å². The van der Waals surface area contributed by atoms with Gasteiger partial charge in [-0.3, -0.25) is 4.79 Å². The summed E-state index contributed by atoms with van der Waals surface area (Å²) in [7, 11) is 0. The molecule has 0 saturated carbocycles. The zero-order valence-electron chi connectivity index (χ0n) is 9.67. The number of fused-ring (bicyclic) bond motifs is 1. The third-order valence-corrected chi connectivity index (χ3v) is 2.86. The number of halogens is 2. The van der Waals surface area contributed by atoms with Gasteiger partial charge in [0.05, 0.1) is 18.2 Å². The van der Waals surface area contributed by atoms with Crippen molar-refractivity contribution in [1.29, 1.82) is 0 Å². The Hall–Kier alpha value is -1.33. The van der Waals surface area contributed by atoms with Gasteiger partial charge in [-0.25, -0.2) is 4.39 Å². The second kappa shape index (κ2) is 5.54. The molecule has 2 N–H and O–H groups in total. The fraction of sp³-hybridized carbons (Fsp3) is 0.417. The van der Waals surface area contributed by atoms with Gasteiger partial charge < -0.3 is 15.2 Å². The molecule has 0 fully saturated rings. The summed E-state index contributed by atoms with van der Waals surface area (Å²) < 4.78 is 24.8. The molecule has 1 aromatic carbocycles. The molecule has 0 amide bonds. The van der Waals surface area contributed by atoms with Crippen LogP contribution in [0, 0.1) is 5.82 Å². The largest absolute Gasteiger partial charge is 0.489 e. The van der Waals surface area contributed by atoms with E-state index in [9.17, 15) is 9.18 Å². The molecule has 6 heteroatoms. The normalized spacial score (nSPS) is 14.2. The van der Waals surface area contributed by atoms with E-state index in [1.54, 1.807) is 0 Å². The average molecular weight is 274 g/mol. The van der Waals surface area contributed by atoms with Crippen LogP contribution >= 0.6 is 11.6 Å². The number of Topliss-reactive ketones (excluding diaryl/α,β-unsaturated/α-hetero) is 1. The van der Waals surface area contributed by atoms with Gasteiger partial charge in [-0.05, 0) is 6.54 Å². The van der Waals surface area contributed by atoms with E-state index in [0.29, 0.717) is 25.4 Å². The van der Waals surface area contributed by atoms with Crippen LogP contribution in [0.2, 0.25) is 5.02 Å². The topological polar surface area (TPSA) is 61.6 Å². The Bertz CT molecular complexity index is 479. The van der Waals surface area contributed by atoms with Crippen LogP contribution in [-0.4, -0.2) is 25.5 Å². The van der Waals surface area contributed by atoms with Gasteiger partial charge in [0.1, 0.15) is 5.56 Å². The molecular weight excluding hydrogens is 261 g/mol. The van der Waals surface area contributed by atoms with Crippen molar-refractivity contribution in [2.24, 2.45) is 5.73 Å². The maximum Gasteiger partial charge on any atom is 0.175 e. The number of hydrogen-bond acceptors (Lipinski definition) is 4. The molecule has 0 aromatic heterocycles. The Labute approximate surface area is 109 Å². The first-order valence-corrected chi connectivity index (χ1v) is 6.03. The van der Waals surface area contributed by atoms with Crippen LogP contribution in [0.4, 0.5) is 4.39 Å². The molecule has 0 aliphatic carbocycles. The first-order valence-electron chi connectivity index (χ1n) is 5.66. The van der Waals surface area contributed by atoms with E-state index in [2.05, 4.69) is 0 Å². The number of carbonyl (C=O) groups is 1. The van der Waals surface area contributed by atoms with Crippen molar-refractivity contribution in [2.75, 3.05) is 19.8 Å². The van der Waals surface area contributed by atoms with Gasteiger partial charge in [-0.2, -0.15) is 0 Å². The summed E-state index contributed by atoms with van der Waals surface area (Å²) in [5, 5.41) is -0.153. The first-order chi connectivity index (χ1) is 8.65. The molecule has 0 unspecified atom stereocenters. The van der Waals surface area contributed by atoms with Crippen LogP contribution in [-0.2, 0) is 0 Å². The molecular formula is C12H13ClFNO3. The summed E-state index contributed by atoms with van der Waals surface area (Å²) in [5.41, 5.74) is 5.15. The number of nitrogens with two attached hydrogens (primary N) is 1. The van der Waals surface area contributed by atoms with Crippen LogP contribution < -0.4 is 15.2 Å². The third-order valence-electron chi connectivity index (χ3n) is 2.58. The molecule has 1 aliphatic rings. The zero-order chi connectivity index (χ0) is 13.1. The van der Waals surface area contributed by atoms with E-state index in [-0.39, 0.29) is 29.3 Å². The number of ether oxygens (including phenoxy) is 2. The smallest absolute Gasteiger partial charge is 0.175 e.